The Morgan fingerprint density at radius 3 is 2.48 bits per heavy atom. The molecule has 0 saturated heterocycles. The van der Waals surface area contributed by atoms with Crippen LogP contribution in [-0.4, -0.2) is 22.0 Å². The maximum atomic E-state index is 12.7. The molecular formula is C15H13FN2O3. The van der Waals surface area contributed by atoms with Crippen LogP contribution in [0, 0.1) is 5.95 Å². The molecule has 1 unspecified atom stereocenters. The van der Waals surface area contributed by atoms with Gasteiger partial charge in [0.2, 0.25) is 5.95 Å². The molecule has 108 valence electrons. The van der Waals surface area contributed by atoms with Gasteiger partial charge in [-0.05, 0) is 17.7 Å². The van der Waals surface area contributed by atoms with Gasteiger partial charge in [-0.3, -0.25) is 9.59 Å². The highest BCUT2D eigenvalue weighted by Crippen LogP contribution is 2.17. The summed E-state index contributed by atoms with van der Waals surface area (Å²) in [6, 6.07) is 10.5. The number of carbonyl (C=O) groups excluding carboxylic acids is 1. The Morgan fingerprint density at radius 1 is 1.19 bits per heavy atom. The third-order valence-corrected chi connectivity index (χ3v) is 2.88. The fraction of sp³-hybridized carbons (Fsp3) is 0.133. The summed E-state index contributed by atoms with van der Waals surface area (Å²) >= 11 is 0. The summed E-state index contributed by atoms with van der Waals surface area (Å²) in [6.07, 6.45) is 0.859. The molecule has 0 saturated carbocycles. The Balaban J connectivity index is 2.17. The Kier molecular flexibility index (Phi) is 4.61. The first-order valence-corrected chi connectivity index (χ1v) is 6.25. The molecule has 1 aromatic carbocycles. The summed E-state index contributed by atoms with van der Waals surface area (Å²) in [5.74, 6) is -2.21. The van der Waals surface area contributed by atoms with Crippen LogP contribution < -0.4 is 5.32 Å². The number of carboxylic acid groups (broad SMARTS) is 1. The van der Waals surface area contributed by atoms with Crippen molar-refractivity contribution in [2.24, 2.45) is 0 Å². The van der Waals surface area contributed by atoms with Crippen LogP contribution in [0.15, 0.2) is 48.7 Å². The van der Waals surface area contributed by atoms with Gasteiger partial charge in [0.25, 0.3) is 5.91 Å². The second kappa shape index (κ2) is 6.60. The summed E-state index contributed by atoms with van der Waals surface area (Å²) in [6.45, 7) is 0. The lowest BCUT2D eigenvalue weighted by Crippen LogP contribution is -2.30. The molecule has 0 aliphatic carbocycles. The van der Waals surface area contributed by atoms with Gasteiger partial charge < -0.3 is 10.4 Å². The predicted molar refractivity (Wildman–Crippen MR) is 73.1 cm³/mol. The van der Waals surface area contributed by atoms with Gasteiger partial charge in [-0.2, -0.15) is 4.39 Å². The first-order chi connectivity index (χ1) is 10.1. The van der Waals surface area contributed by atoms with E-state index in [4.69, 9.17) is 5.11 Å². The average molecular weight is 288 g/mol. The Hall–Kier alpha value is -2.76. The zero-order chi connectivity index (χ0) is 15.2. The molecule has 0 aliphatic heterocycles. The summed E-state index contributed by atoms with van der Waals surface area (Å²) in [5.41, 5.74) is 0.853. The maximum absolute atomic E-state index is 12.7. The second-order valence-corrected chi connectivity index (χ2v) is 4.40. The lowest BCUT2D eigenvalue weighted by atomic mass is 10.0. The van der Waals surface area contributed by atoms with Crippen LogP contribution in [-0.2, 0) is 4.79 Å². The zero-order valence-electron chi connectivity index (χ0n) is 11.0. The zero-order valence-corrected chi connectivity index (χ0v) is 11.0. The fourth-order valence-corrected chi connectivity index (χ4v) is 1.86. The van der Waals surface area contributed by atoms with Crippen LogP contribution in [0.5, 0.6) is 0 Å². The summed E-state index contributed by atoms with van der Waals surface area (Å²) in [7, 11) is 0. The molecule has 0 aliphatic rings. The van der Waals surface area contributed by atoms with Crippen LogP contribution >= 0.6 is 0 Å². The number of pyridine rings is 1. The van der Waals surface area contributed by atoms with Crippen molar-refractivity contribution < 1.29 is 19.1 Å². The number of aliphatic carboxylic acids is 1. The summed E-state index contributed by atoms with van der Waals surface area (Å²) in [4.78, 5) is 26.4. The van der Waals surface area contributed by atoms with Crippen LogP contribution in [0.3, 0.4) is 0 Å². The number of amides is 1. The number of carbonyl (C=O) groups is 2. The first-order valence-electron chi connectivity index (χ1n) is 6.25. The number of hydrogen-bond donors (Lipinski definition) is 2. The van der Waals surface area contributed by atoms with Gasteiger partial charge in [0.05, 0.1) is 18.0 Å². The molecule has 1 aromatic heterocycles. The van der Waals surface area contributed by atoms with E-state index in [9.17, 15) is 14.0 Å². The number of halogens is 1. The topological polar surface area (TPSA) is 79.3 Å². The van der Waals surface area contributed by atoms with E-state index in [0.717, 1.165) is 12.3 Å². The molecule has 1 heterocycles. The number of nitrogens with one attached hydrogen (secondary N) is 1. The molecule has 6 heteroatoms. The van der Waals surface area contributed by atoms with E-state index in [-0.39, 0.29) is 12.0 Å². The quantitative estimate of drug-likeness (QED) is 0.826. The van der Waals surface area contributed by atoms with Gasteiger partial charge in [0, 0.05) is 6.20 Å². The van der Waals surface area contributed by atoms with Gasteiger partial charge in [-0.25, -0.2) is 4.98 Å². The highest BCUT2D eigenvalue weighted by Gasteiger charge is 2.18. The van der Waals surface area contributed by atoms with Crippen LogP contribution in [0.25, 0.3) is 0 Å². The van der Waals surface area contributed by atoms with Crippen molar-refractivity contribution in [2.75, 3.05) is 0 Å². The molecule has 2 aromatic rings. The minimum atomic E-state index is -1.03. The van der Waals surface area contributed by atoms with Crippen LogP contribution in [0.2, 0.25) is 0 Å². The van der Waals surface area contributed by atoms with Gasteiger partial charge in [0.15, 0.2) is 0 Å². The first kappa shape index (κ1) is 14.6. The van der Waals surface area contributed by atoms with E-state index in [2.05, 4.69) is 10.3 Å². The molecular weight excluding hydrogens is 275 g/mol. The minimum Gasteiger partial charge on any atom is -0.481 e. The SMILES string of the molecule is O=C(O)CC(NC(=O)c1ccc(F)nc1)c1ccccc1. The Bertz CT molecular complexity index is 629. The normalized spacial score (nSPS) is 11.7. The number of hydrogen-bond acceptors (Lipinski definition) is 3. The molecule has 0 spiro atoms. The lowest BCUT2D eigenvalue weighted by molar-refractivity contribution is -0.137. The van der Waals surface area contributed by atoms with Crippen molar-refractivity contribution in [1.29, 1.82) is 0 Å². The van der Waals surface area contributed by atoms with E-state index in [1.54, 1.807) is 30.3 Å². The number of carboxylic acids is 1. The van der Waals surface area contributed by atoms with E-state index in [1.165, 1.54) is 6.07 Å². The summed E-state index contributed by atoms with van der Waals surface area (Å²) < 4.78 is 12.7. The number of benzene rings is 1. The number of rotatable bonds is 5. The molecule has 0 fully saturated rings. The average Bonchev–Trinajstić information content (AvgIpc) is 2.47. The lowest BCUT2D eigenvalue weighted by Gasteiger charge is -2.17. The molecule has 0 radical (unpaired) electrons. The molecule has 1 atom stereocenters. The van der Waals surface area contributed by atoms with Gasteiger partial charge in [-0.15, -0.1) is 0 Å². The summed E-state index contributed by atoms with van der Waals surface area (Å²) in [5, 5.41) is 11.6. The molecule has 21 heavy (non-hydrogen) atoms. The van der Waals surface area contributed by atoms with E-state index >= 15 is 0 Å². The number of aromatic nitrogens is 1. The molecule has 2 N–H and O–H groups in total. The molecule has 1 amide bonds. The maximum Gasteiger partial charge on any atom is 0.305 e. The smallest absolute Gasteiger partial charge is 0.305 e. The highest BCUT2D eigenvalue weighted by atomic mass is 19.1. The molecule has 0 bridgehead atoms. The standard InChI is InChI=1S/C15H13FN2O3/c16-13-7-6-11(9-17-13)15(21)18-12(8-14(19)20)10-4-2-1-3-5-10/h1-7,9,12H,8H2,(H,18,21)(H,19,20). The minimum absolute atomic E-state index is 0.169. The fourth-order valence-electron chi connectivity index (χ4n) is 1.86. The molecule has 2 rings (SSSR count). The Labute approximate surface area is 120 Å². The Morgan fingerprint density at radius 2 is 1.90 bits per heavy atom. The number of nitrogens with zero attached hydrogens (tertiary/aromatic N) is 1. The van der Waals surface area contributed by atoms with Gasteiger partial charge >= 0.3 is 5.97 Å². The van der Waals surface area contributed by atoms with Crippen LogP contribution in [0.4, 0.5) is 4.39 Å². The van der Waals surface area contributed by atoms with E-state index in [1.807, 2.05) is 0 Å². The third-order valence-electron chi connectivity index (χ3n) is 2.88. The third kappa shape index (κ3) is 4.10. The van der Waals surface area contributed by atoms with Crippen molar-refractivity contribution in [2.45, 2.75) is 12.5 Å². The van der Waals surface area contributed by atoms with Gasteiger partial charge in [-0.1, -0.05) is 30.3 Å². The van der Waals surface area contributed by atoms with Crippen molar-refractivity contribution in [3.63, 3.8) is 0 Å². The van der Waals surface area contributed by atoms with Crippen molar-refractivity contribution in [3.05, 3.63) is 65.7 Å². The molecule has 5 nitrogen and oxygen atoms in total. The van der Waals surface area contributed by atoms with Crippen molar-refractivity contribution in [1.82, 2.24) is 10.3 Å². The van der Waals surface area contributed by atoms with E-state index < -0.39 is 23.9 Å². The van der Waals surface area contributed by atoms with E-state index in [0.29, 0.717) is 5.56 Å². The second-order valence-electron chi connectivity index (χ2n) is 4.40. The van der Waals surface area contributed by atoms with Crippen LogP contribution in [0.1, 0.15) is 28.4 Å². The highest BCUT2D eigenvalue weighted by molar-refractivity contribution is 5.94. The largest absolute Gasteiger partial charge is 0.481 e. The van der Waals surface area contributed by atoms with Crippen molar-refractivity contribution in [3.8, 4) is 0 Å². The van der Waals surface area contributed by atoms with Crippen molar-refractivity contribution >= 4 is 11.9 Å². The predicted octanol–water partition coefficient (Wildman–Crippen LogP) is 2.17. The monoisotopic (exact) mass is 288 g/mol. The van der Waals surface area contributed by atoms with Gasteiger partial charge in [0.1, 0.15) is 0 Å².